The van der Waals surface area contributed by atoms with Crippen molar-refractivity contribution >= 4 is 11.8 Å². The largest absolute Gasteiger partial charge is 0.416 e. The maximum absolute atomic E-state index is 13.5. The lowest BCUT2D eigenvalue weighted by Gasteiger charge is -2.40. The van der Waals surface area contributed by atoms with Gasteiger partial charge >= 0.3 is 12.4 Å². The SMILES string of the molecule is COCCNC(=O)C1c2ccc(C)cc2C(=O)N(C)C1c1cc(C(F)(F)F)cc(C(F)(F)F)c1. The summed E-state index contributed by atoms with van der Waals surface area (Å²) in [6, 6.07) is 4.37. The maximum atomic E-state index is 13.5. The van der Waals surface area contributed by atoms with Gasteiger partial charge in [0.05, 0.1) is 29.7 Å². The summed E-state index contributed by atoms with van der Waals surface area (Å²) in [4.78, 5) is 27.3. The van der Waals surface area contributed by atoms with Gasteiger partial charge in [-0.15, -0.1) is 0 Å². The van der Waals surface area contributed by atoms with Gasteiger partial charge in [0.15, 0.2) is 0 Å². The van der Waals surface area contributed by atoms with E-state index >= 15 is 0 Å². The molecule has 1 aliphatic rings. The second-order valence-electron chi connectivity index (χ2n) is 8.05. The molecule has 34 heavy (non-hydrogen) atoms. The van der Waals surface area contributed by atoms with Gasteiger partial charge in [-0.25, -0.2) is 0 Å². The lowest BCUT2D eigenvalue weighted by molar-refractivity contribution is -0.143. The Balaban J connectivity index is 2.24. The van der Waals surface area contributed by atoms with Gasteiger partial charge in [-0.2, -0.15) is 26.3 Å². The van der Waals surface area contributed by atoms with Crippen LogP contribution in [0.4, 0.5) is 26.3 Å². The number of halogens is 6. The minimum Gasteiger partial charge on any atom is -0.383 e. The van der Waals surface area contributed by atoms with E-state index in [0.717, 1.165) is 4.90 Å². The molecule has 1 N–H and O–H groups in total. The molecule has 0 radical (unpaired) electrons. The third-order valence-electron chi connectivity index (χ3n) is 5.67. The second-order valence-corrected chi connectivity index (χ2v) is 8.05. The fourth-order valence-electron chi connectivity index (χ4n) is 4.07. The number of carbonyl (C=O) groups excluding carboxylic acids is 2. The summed E-state index contributed by atoms with van der Waals surface area (Å²) in [6.45, 7) is 1.92. The maximum Gasteiger partial charge on any atom is 0.416 e. The third-order valence-corrected chi connectivity index (χ3v) is 5.67. The molecule has 0 aromatic heterocycles. The predicted molar refractivity (Wildman–Crippen MR) is 110 cm³/mol. The standard InChI is InChI=1S/C23H22F6N2O3/c1-12-4-5-16-17(8-12)21(33)31(2)19(18(16)20(32)30-6-7-34-3)13-9-14(22(24,25)26)11-15(10-13)23(27,28)29/h4-5,8-11,18-19H,6-7H2,1-3H3,(H,30,32). The number of methoxy groups -OCH3 is 1. The quantitative estimate of drug-likeness (QED) is 0.490. The molecule has 0 spiro atoms. The van der Waals surface area contributed by atoms with Crippen LogP contribution in [0.5, 0.6) is 0 Å². The van der Waals surface area contributed by atoms with Crippen LogP contribution in [0.15, 0.2) is 36.4 Å². The molecule has 184 valence electrons. The molecule has 1 aliphatic heterocycles. The number of likely N-dealkylation sites (N-methyl/N-ethyl adjacent to an activating group) is 1. The van der Waals surface area contributed by atoms with Gasteiger partial charge in [0.2, 0.25) is 5.91 Å². The van der Waals surface area contributed by atoms with Gasteiger partial charge in [0.25, 0.3) is 5.91 Å². The molecule has 2 amide bonds. The highest BCUT2D eigenvalue weighted by atomic mass is 19.4. The van der Waals surface area contributed by atoms with Crippen LogP contribution in [0.1, 0.15) is 50.1 Å². The summed E-state index contributed by atoms with van der Waals surface area (Å²) in [5.74, 6) is -2.52. The number of hydrogen-bond donors (Lipinski definition) is 1. The highest BCUT2D eigenvalue weighted by Gasteiger charge is 2.45. The molecule has 0 fully saturated rings. The van der Waals surface area contributed by atoms with Crippen molar-refractivity contribution in [2.45, 2.75) is 31.2 Å². The number of alkyl halides is 6. The second kappa shape index (κ2) is 9.28. The average molecular weight is 488 g/mol. The molecule has 1 heterocycles. The summed E-state index contributed by atoms with van der Waals surface area (Å²) in [7, 11) is 2.66. The first-order valence-electron chi connectivity index (χ1n) is 10.2. The molecule has 0 bridgehead atoms. The lowest BCUT2D eigenvalue weighted by Crippen LogP contribution is -2.46. The molecule has 0 saturated heterocycles. The van der Waals surface area contributed by atoms with E-state index in [1.807, 2.05) is 0 Å². The molecule has 3 rings (SSSR count). The monoisotopic (exact) mass is 488 g/mol. The smallest absolute Gasteiger partial charge is 0.383 e. The van der Waals surface area contributed by atoms with Crippen molar-refractivity contribution in [3.05, 3.63) is 69.8 Å². The highest BCUT2D eigenvalue weighted by molar-refractivity contribution is 6.01. The van der Waals surface area contributed by atoms with Crippen molar-refractivity contribution in [1.82, 2.24) is 10.2 Å². The van der Waals surface area contributed by atoms with Crippen LogP contribution >= 0.6 is 0 Å². The van der Waals surface area contributed by atoms with Gasteiger partial charge in [0.1, 0.15) is 0 Å². The van der Waals surface area contributed by atoms with Gasteiger partial charge in [-0.3, -0.25) is 9.59 Å². The number of aryl methyl sites for hydroxylation is 1. The Kier molecular flexibility index (Phi) is 6.97. The topological polar surface area (TPSA) is 58.6 Å². The van der Waals surface area contributed by atoms with Gasteiger partial charge < -0.3 is 15.0 Å². The third kappa shape index (κ3) is 5.03. The van der Waals surface area contributed by atoms with Crippen LogP contribution in [0, 0.1) is 6.92 Å². The Bertz CT molecular complexity index is 1060. The van der Waals surface area contributed by atoms with Crippen molar-refractivity contribution in [2.24, 2.45) is 0 Å². The summed E-state index contributed by atoms with van der Waals surface area (Å²) < 4.78 is 85.8. The Morgan fingerprint density at radius 1 is 1.03 bits per heavy atom. The number of nitrogens with zero attached hydrogens (tertiary/aromatic N) is 1. The Labute approximate surface area is 191 Å². The molecule has 11 heteroatoms. The van der Waals surface area contributed by atoms with Crippen molar-refractivity contribution in [1.29, 1.82) is 0 Å². The van der Waals surface area contributed by atoms with Crippen LogP contribution in [-0.4, -0.2) is 44.0 Å². The average Bonchev–Trinajstić information content (AvgIpc) is 2.74. The summed E-state index contributed by atoms with van der Waals surface area (Å²) >= 11 is 0. The van der Waals surface area contributed by atoms with E-state index in [1.54, 1.807) is 13.0 Å². The molecule has 2 aromatic carbocycles. The van der Waals surface area contributed by atoms with E-state index < -0.39 is 52.8 Å². The number of fused-ring (bicyclic) bond motifs is 1. The van der Waals surface area contributed by atoms with E-state index in [2.05, 4.69) is 5.32 Å². The zero-order valence-electron chi connectivity index (χ0n) is 18.5. The van der Waals surface area contributed by atoms with Crippen molar-refractivity contribution in [2.75, 3.05) is 27.3 Å². The van der Waals surface area contributed by atoms with E-state index in [4.69, 9.17) is 4.74 Å². The number of ether oxygens (including phenoxy) is 1. The lowest BCUT2D eigenvalue weighted by atomic mass is 9.78. The predicted octanol–water partition coefficient (Wildman–Crippen LogP) is 4.71. The first-order chi connectivity index (χ1) is 15.8. The fourth-order valence-corrected chi connectivity index (χ4v) is 4.07. The van der Waals surface area contributed by atoms with Crippen molar-refractivity contribution in [3.63, 3.8) is 0 Å². The van der Waals surface area contributed by atoms with Crippen LogP contribution < -0.4 is 5.32 Å². The van der Waals surface area contributed by atoms with Gasteiger partial charge in [-0.05, 0) is 42.3 Å². The summed E-state index contributed by atoms with van der Waals surface area (Å²) in [5, 5.41) is 2.59. The van der Waals surface area contributed by atoms with Crippen molar-refractivity contribution < 1.29 is 40.7 Å². The fraction of sp³-hybridized carbons (Fsp3) is 0.391. The number of hydrogen-bond acceptors (Lipinski definition) is 3. The van der Waals surface area contributed by atoms with E-state index in [-0.39, 0.29) is 30.3 Å². The van der Waals surface area contributed by atoms with E-state index in [1.165, 1.54) is 26.3 Å². The molecule has 5 nitrogen and oxygen atoms in total. The van der Waals surface area contributed by atoms with Gasteiger partial charge in [-0.1, -0.05) is 17.7 Å². The normalized spacial score (nSPS) is 18.6. The summed E-state index contributed by atoms with van der Waals surface area (Å²) in [5.41, 5.74) is -2.40. The number of rotatable bonds is 5. The molecular weight excluding hydrogens is 466 g/mol. The first kappa shape index (κ1) is 25.5. The first-order valence-corrected chi connectivity index (χ1v) is 10.2. The molecular formula is C23H22F6N2O3. The van der Waals surface area contributed by atoms with Crippen LogP contribution in [-0.2, 0) is 21.9 Å². The highest BCUT2D eigenvalue weighted by Crippen LogP contribution is 2.45. The molecule has 2 unspecified atom stereocenters. The molecule has 2 atom stereocenters. The minimum atomic E-state index is -5.07. The number of nitrogens with one attached hydrogen (secondary N) is 1. The van der Waals surface area contributed by atoms with E-state index in [0.29, 0.717) is 17.7 Å². The Morgan fingerprint density at radius 2 is 1.62 bits per heavy atom. The number of benzene rings is 2. The zero-order chi connectivity index (χ0) is 25.4. The van der Waals surface area contributed by atoms with E-state index in [9.17, 15) is 35.9 Å². The van der Waals surface area contributed by atoms with Crippen molar-refractivity contribution in [3.8, 4) is 0 Å². The Hall–Kier alpha value is -3.08. The van der Waals surface area contributed by atoms with Crippen LogP contribution in [0.3, 0.4) is 0 Å². The number of amides is 2. The molecule has 0 saturated carbocycles. The molecule has 0 aliphatic carbocycles. The van der Waals surface area contributed by atoms with Crippen LogP contribution in [0.25, 0.3) is 0 Å². The minimum absolute atomic E-state index is 0.0130. The number of carbonyl (C=O) groups is 2. The zero-order valence-corrected chi connectivity index (χ0v) is 18.5. The van der Waals surface area contributed by atoms with Gasteiger partial charge in [0, 0.05) is 26.3 Å². The van der Waals surface area contributed by atoms with Crippen LogP contribution in [0.2, 0.25) is 0 Å². The summed E-state index contributed by atoms with van der Waals surface area (Å²) in [6.07, 6.45) is -10.1. The Morgan fingerprint density at radius 3 is 2.15 bits per heavy atom. The molecule has 2 aromatic rings.